The zero-order valence-electron chi connectivity index (χ0n) is 16.9. The summed E-state index contributed by atoms with van der Waals surface area (Å²) < 4.78 is 16.7. The van der Waals surface area contributed by atoms with Crippen molar-refractivity contribution in [2.75, 3.05) is 32.9 Å². The molecule has 156 valence electrons. The summed E-state index contributed by atoms with van der Waals surface area (Å²) in [5, 5.41) is 6.31. The molecule has 31 heavy (non-hydrogen) atoms. The summed E-state index contributed by atoms with van der Waals surface area (Å²) in [6.45, 7) is 2.24. The summed E-state index contributed by atoms with van der Waals surface area (Å²) in [6, 6.07) is 21.4. The second-order valence-corrected chi connectivity index (χ2v) is 7.23. The van der Waals surface area contributed by atoms with E-state index in [4.69, 9.17) is 14.0 Å². The van der Waals surface area contributed by atoms with E-state index in [9.17, 15) is 4.79 Å². The first kappa shape index (κ1) is 19.3. The lowest BCUT2D eigenvalue weighted by Gasteiger charge is -2.26. The molecule has 7 heteroatoms. The van der Waals surface area contributed by atoms with Crippen LogP contribution in [0.4, 0.5) is 0 Å². The third-order valence-electron chi connectivity index (χ3n) is 5.29. The van der Waals surface area contributed by atoms with Crippen LogP contribution in [0.5, 0.6) is 5.75 Å². The van der Waals surface area contributed by atoms with E-state index in [0.717, 1.165) is 16.3 Å². The Labute approximate surface area is 179 Å². The summed E-state index contributed by atoms with van der Waals surface area (Å²) in [6.07, 6.45) is 0. The number of benzene rings is 3. The predicted octanol–water partition coefficient (Wildman–Crippen LogP) is 3.79. The molecule has 1 fully saturated rings. The van der Waals surface area contributed by atoms with Crippen LogP contribution in [0.3, 0.4) is 0 Å². The van der Waals surface area contributed by atoms with Gasteiger partial charge in [-0.3, -0.25) is 4.79 Å². The van der Waals surface area contributed by atoms with E-state index in [1.807, 2.05) is 60.7 Å². The summed E-state index contributed by atoms with van der Waals surface area (Å²) in [7, 11) is 0. The lowest BCUT2D eigenvalue weighted by molar-refractivity contribution is -0.137. The SMILES string of the molecule is O=C(COc1ccccc1-c1noc(-c2cccc3ccccc23)n1)N1CCOCC1. The van der Waals surface area contributed by atoms with Gasteiger partial charge in [0.25, 0.3) is 11.8 Å². The Bertz CT molecular complexity index is 1210. The molecule has 2 heterocycles. The Morgan fingerprint density at radius 2 is 1.68 bits per heavy atom. The van der Waals surface area contributed by atoms with E-state index in [-0.39, 0.29) is 12.5 Å². The first-order chi connectivity index (χ1) is 15.3. The average molecular weight is 415 g/mol. The Morgan fingerprint density at radius 3 is 2.58 bits per heavy atom. The molecule has 0 atom stereocenters. The summed E-state index contributed by atoms with van der Waals surface area (Å²) >= 11 is 0. The molecule has 0 spiro atoms. The predicted molar refractivity (Wildman–Crippen MR) is 116 cm³/mol. The lowest BCUT2D eigenvalue weighted by Crippen LogP contribution is -2.43. The van der Waals surface area contributed by atoms with Crippen molar-refractivity contribution in [1.29, 1.82) is 0 Å². The largest absolute Gasteiger partial charge is 0.483 e. The van der Waals surface area contributed by atoms with Gasteiger partial charge in [-0.1, -0.05) is 53.7 Å². The number of fused-ring (bicyclic) bond motifs is 1. The molecule has 1 aliphatic rings. The van der Waals surface area contributed by atoms with Crippen LogP contribution in [0.15, 0.2) is 71.3 Å². The van der Waals surface area contributed by atoms with E-state index >= 15 is 0 Å². The van der Waals surface area contributed by atoms with Crippen molar-refractivity contribution in [3.63, 3.8) is 0 Å². The number of nitrogens with zero attached hydrogens (tertiary/aromatic N) is 3. The highest BCUT2D eigenvalue weighted by Gasteiger charge is 2.19. The molecule has 5 rings (SSSR count). The number of amides is 1. The summed E-state index contributed by atoms with van der Waals surface area (Å²) in [4.78, 5) is 18.8. The van der Waals surface area contributed by atoms with Gasteiger partial charge in [-0.2, -0.15) is 4.98 Å². The highest BCUT2D eigenvalue weighted by atomic mass is 16.5. The molecular weight excluding hydrogens is 394 g/mol. The number of hydrogen-bond donors (Lipinski definition) is 0. The zero-order chi connectivity index (χ0) is 21.0. The highest BCUT2D eigenvalue weighted by Crippen LogP contribution is 2.32. The molecule has 4 aromatic rings. The molecule has 1 saturated heterocycles. The molecule has 0 N–H and O–H groups in total. The van der Waals surface area contributed by atoms with Crippen LogP contribution in [0.1, 0.15) is 0 Å². The molecule has 0 saturated carbocycles. The Kier molecular flexibility index (Phi) is 5.33. The number of hydrogen-bond acceptors (Lipinski definition) is 6. The van der Waals surface area contributed by atoms with Crippen LogP contribution in [0.2, 0.25) is 0 Å². The first-order valence-corrected chi connectivity index (χ1v) is 10.2. The molecule has 0 bridgehead atoms. The fraction of sp³-hybridized carbons (Fsp3) is 0.208. The quantitative estimate of drug-likeness (QED) is 0.494. The van der Waals surface area contributed by atoms with Gasteiger partial charge in [-0.15, -0.1) is 0 Å². The molecule has 1 aliphatic heterocycles. The van der Waals surface area contributed by atoms with Crippen molar-refractivity contribution in [2.45, 2.75) is 0 Å². The lowest BCUT2D eigenvalue weighted by atomic mass is 10.0. The topological polar surface area (TPSA) is 77.7 Å². The summed E-state index contributed by atoms with van der Waals surface area (Å²) in [5.41, 5.74) is 1.55. The van der Waals surface area contributed by atoms with Gasteiger partial charge in [0.05, 0.1) is 18.8 Å². The van der Waals surface area contributed by atoms with E-state index in [1.54, 1.807) is 11.0 Å². The van der Waals surface area contributed by atoms with E-state index in [0.29, 0.717) is 49.3 Å². The Morgan fingerprint density at radius 1 is 0.935 bits per heavy atom. The van der Waals surface area contributed by atoms with Crippen LogP contribution >= 0.6 is 0 Å². The minimum atomic E-state index is -0.0670. The van der Waals surface area contributed by atoms with Gasteiger partial charge in [0.1, 0.15) is 5.75 Å². The van der Waals surface area contributed by atoms with E-state index in [1.165, 1.54) is 0 Å². The van der Waals surface area contributed by atoms with Gasteiger partial charge in [-0.05, 0) is 29.0 Å². The number of carbonyl (C=O) groups excluding carboxylic acids is 1. The number of rotatable bonds is 5. The third kappa shape index (κ3) is 4.00. The van der Waals surface area contributed by atoms with Crippen LogP contribution in [-0.2, 0) is 9.53 Å². The molecule has 0 unspecified atom stereocenters. The van der Waals surface area contributed by atoms with Gasteiger partial charge in [0.15, 0.2) is 6.61 Å². The third-order valence-corrected chi connectivity index (χ3v) is 5.29. The Balaban J connectivity index is 1.39. The fourth-order valence-corrected chi connectivity index (χ4v) is 3.67. The number of ether oxygens (including phenoxy) is 2. The van der Waals surface area contributed by atoms with Crippen molar-refractivity contribution in [3.8, 4) is 28.6 Å². The summed E-state index contributed by atoms with van der Waals surface area (Å²) in [5.74, 6) is 1.32. The minimum absolute atomic E-state index is 0.0506. The maximum absolute atomic E-state index is 12.4. The van der Waals surface area contributed by atoms with E-state index < -0.39 is 0 Å². The number of morpholine rings is 1. The first-order valence-electron chi connectivity index (χ1n) is 10.2. The maximum Gasteiger partial charge on any atom is 0.260 e. The zero-order valence-corrected chi connectivity index (χ0v) is 16.9. The van der Waals surface area contributed by atoms with Crippen LogP contribution in [0.25, 0.3) is 33.6 Å². The highest BCUT2D eigenvalue weighted by molar-refractivity contribution is 5.94. The second-order valence-electron chi connectivity index (χ2n) is 7.23. The standard InChI is InChI=1S/C24H21N3O4/c28-22(27-12-14-29-15-13-27)16-30-21-11-4-3-9-20(21)23-25-24(31-26-23)19-10-5-7-17-6-1-2-8-18(17)19/h1-11H,12-16H2. The van der Waals surface area contributed by atoms with Crippen molar-refractivity contribution in [2.24, 2.45) is 0 Å². The maximum atomic E-state index is 12.4. The van der Waals surface area contributed by atoms with Gasteiger partial charge in [0.2, 0.25) is 5.82 Å². The van der Waals surface area contributed by atoms with Crippen LogP contribution in [-0.4, -0.2) is 53.9 Å². The number of carbonyl (C=O) groups is 1. The molecule has 1 amide bonds. The molecular formula is C24H21N3O4. The van der Waals surface area contributed by atoms with Gasteiger partial charge in [0, 0.05) is 18.7 Å². The van der Waals surface area contributed by atoms with Gasteiger partial charge in [-0.25, -0.2) is 0 Å². The minimum Gasteiger partial charge on any atom is -0.483 e. The van der Waals surface area contributed by atoms with Gasteiger partial charge >= 0.3 is 0 Å². The molecule has 0 aliphatic carbocycles. The van der Waals surface area contributed by atoms with Crippen LogP contribution in [0, 0.1) is 0 Å². The van der Waals surface area contributed by atoms with Crippen LogP contribution < -0.4 is 4.74 Å². The van der Waals surface area contributed by atoms with Crippen molar-refractivity contribution >= 4 is 16.7 Å². The number of para-hydroxylation sites is 1. The monoisotopic (exact) mass is 415 g/mol. The second kappa shape index (κ2) is 8.57. The molecule has 0 radical (unpaired) electrons. The van der Waals surface area contributed by atoms with Crippen molar-refractivity contribution < 1.29 is 18.8 Å². The van der Waals surface area contributed by atoms with E-state index in [2.05, 4.69) is 10.1 Å². The smallest absolute Gasteiger partial charge is 0.260 e. The number of aromatic nitrogens is 2. The fourth-order valence-electron chi connectivity index (χ4n) is 3.67. The molecule has 7 nitrogen and oxygen atoms in total. The Hall–Kier alpha value is -3.71. The average Bonchev–Trinajstić information content (AvgIpc) is 3.33. The molecule has 1 aromatic heterocycles. The van der Waals surface area contributed by atoms with Gasteiger partial charge < -0.3 is 18.9 Å². The van der Waals surface area contributed by atoms with Crippen molar-refractivity contribution in [1.82, 2.24) is 15.0 Å². The van der Waals surface area contributed by atoms with Crippen molar-refractivity contribution in [3.05, 3.63) is 66.7 Å². The normalized spacial score (nSPS) is 14.0. The molecule has 3 aromatic carbocycles.